The zero-order valence-corrected chi connectivity index (χ0v) is 70.1. The van der Waals surface area contributed by atoms with Crippen LogP contribution >= 0.6 is 0 Å². The molecule has 8 nitrogen and oxygen atoms in total. The topological polar surface area (TPSA) is 37.5 Å². The van der Waals surface area contributed by atoms with Crippen molar-refractivity contribution in [3.8, 4) is 11.4 Å². The summed E-state index contributed by atoms with van der Waals surface area (Å²) < 4.78 is 17.5. The van der Waals surface area contributed by atoms with Crippen LogP contribution in [0.4, 0.5) is 0 Å². The van der Waals surface area contributed by atoms with E-state index in [-0.39, 0.29) is 0 Å². The van der Waals surface area contributed by atoms with Crippen LogP contribution in [-0.4, -0.2) is 29.7 Å². The zero-order chi connectivity index (χ0) is 79.4. The Hall–Kier alpha value is -10.4. The van der Waals surface area contributed by atoms with Crippen molar-refractivity contribution >= 4 is 50.4 Å². The number of hydrogen-bond acceptors (Lipinski definition) is 0. The summed E-state index contributed by atoms with van der Waals surface area (Å²) in [7, 11) is 11.6. The molecule has 14 bridgehead atoms. The number of fused-ring (bicyclic) bond motifs is 11. The molecule has 560 valence electrons. The number of allylic oxidation sites excluding steroid dienone is 4. The highest BCUT2D eigenvalue weighted by Gasteiger charge is 2.31. The van der Waals surface area contributed by atoms with Crippen LogP contribution in [0.2, 0.25) is 0 Å². The number of aromatic nitrogens is 6. The Morgan fingerprint density at radius 2 is 0.648 bits per heavy atom. The molecule has 0 saturated heterocycles. The van der Waals surface area contributed by atoms with Gasteiger partial charge in [-0.2, -0.15) is 0 Å². The first kappa shape index (κ1) is 90.6. The zero-order valence-electron chi connectivity index (χ0n) is 70.1. The van der Waals surface area contributed by atoms with Gasteiger partial charge in [0, 0.05) is 64.0 Å². The summed E-state index contributed by atoms with van der Waals surface area (Å²) in [5.41, 5.74) is 24.6. The van der Waals surface area contributed by atoms with Crippen molar-refractivity contribution in [1.82, 2.24) is 9.13 Å². The number of hydrogen-bond donors (Lipinski definition) is 0. The molecule has 0 N–H and O–H groups in total. The summed E-state index contributed by atoms with van der Waals surface area (Å²) in [6.07, 6.45) is 8.94. The fourth-order valence-corrected chi connectivity index (χ4v) is 13.0. The fourth-order valence-electron chi connectivity index (χ4n) is 13.0. The minimum atomic E-state index is 0.587. The van der Waals surface area contributed by atoms with Crippen LogP contribution in [0.15, 0.2) is 230 Å². The standard InChI is InChI=1S/C47H34N4.C26H26N4.12C2H6/c1-48-36-23-24-37(48)45(33-17-9-4-10-18-33)41-28-30-43-47(35-21-13-6-14-22-35)39-26-25-38(49(39)2)46(34-19-11-5-12-20-34)42-29-27-40(50(42)31-51(41)43)44(36)32-15-7-3-8-16-32;1-16-19-8-10-21(27(19)4)17(2)23-12-14-25(29(23)6)26-15-13-24(30(26)7)18(3)22-11-9-20(16)28(22)5;12*1-2/h3-30H,1-2,31H2;8-15H,4,6-7H2,1-3,5H3;12*1-2H3. The predicted molar refractivity (Wildman–Crippen MR) is 457 cm³/mol. The third-order valence-corrected chi connectivity index (χ3v) is 17.1. The van der Waals surface area contributed by atoms with Gasteiger partial charge in [0.05, 0.1) is 37.9 Å². The molecule has 0 amide bonds. The summed E-state index contributed by atoms with van der Waals surface area (Å²) in [6, 6.07) is 69.3. The van der Waals surface area contributed by atoms with Crippen LogP contribution < -0.4 is 44.0 Å². The minimum absolute atomic E-state index is 0.587. The van der Waals surface area contributed by atoms with Gasteiger partial charge < -0.3 is 18.3 Å². The first-order valence-electron chi connectivity index (χ1n) is 39.4. The normalized spacial score (nSPS) is 12.4. The van der Waals surface area contributed by atoms with Gasteiger partial charge in [-0.1, -0.05) is 336 Å². The van der Waals surface area contributed by atoms with Crippen molar-refractivity contribution in [1.29, 1.82) is 0 Å². The highest BCUT2D eigenvalue weighted by molar-refractivity contribution is 6.28. The van der Waals surface area contributed by atoms with Gasteiger partial charge in [-0.15, -0.1) is 24.3 Å². The van der Waals surface area contributed by atoms with Crippen molar-refractivity contribution in [3.63, 3.8) is 0 Å². The highest BCUT2D eigenvalue weighted by atomic mass is 15.2. The number of rotatable bonds is 4. The van der Waals surface area contributed by atoms with Gasteiger partial charge in [-0.3, -0.25) is 17.3 Å². The molecule has 11 heterocycles. The molecule has 15 rings (SSSR count). The van der Waals surface area contributed by atoms with Crippen LogP contribution in [0.5, 0.6) is 0 Å². The fraction of sp³-hybridized carbons (Fsp3) is 0.299. The molecule has 0 saturated carbocycles. The molecular weight excluding hydrogens is 1280 g/mol. The lowest BCUT2D eigenvalue weighted by Crippen LogP contribution is -2.41. The third kappa shape index (κ3) is 18.6. The van der Waals surface area contributed by atoms with Crippen molar-refractivity contribution < 1.29 is 26.4 Å². The van der Waals surface area contributed by atoms with Crippen molar-refractivity contribution in [3.05, 3.63) is 342 Å². The maximum atomic E-state index is 4.74. The maximum absolute atomic E-state index is 4.74. The Morgan fingerprint density at radius 3 is 1.00 bits per heavy atom. The molecule has 0 unspecified atom stereocenters. The van der Waals surface area contributed by atoms with E-state index in [4.69, 9.17) is 14.1 Å². The molecule has 10 aromatic rings. The van der Waals surface area contributed by atoms with Crippen LogP contribution in [0.25, 0.3) is 50.4 Å². The summed E-state index contributed by atoms with van der Waals surface area (Å²) in [4.78, 5) is 0. The Balaban J connectivity index is 0.000000594. The Labute approximate surface area is 635 Å². The Morgan fingerprint density at radius 1 is 0.333 bits per heavy atom. The van der Waals surface area contributed by atoms with E-state index in [1.165, 1.54) is 22.5 Å². The van der Waals surface area contributed by atoms with Gasteiger partial charge in [0.25, 0.3) is 0 Å². The van der Waals surface area contributed by atoms with Crippen LogP contribution in [0.3, 0.4) is 0 Å². The number of nitrogens with zero attached hydrogens (tertiary/aromatic N) is 8. The molecule has 6 aromatic heterocycles. The molecular formula is C97H132N8. The average molecular weight is 1410 g/mol. The van der Waals surface area contributed by atoms with E-state index in [2.05, 4.69) is 289 Å². The molecule has 5 aliphatic heterocycles. The van der Waals surface area contributed by atoms with Crippen molar-refractivity contribution in [2.24, 2.45) is 7.05 Å². The quantitative estimate of drug-likeness (QED) is 0.124. The van der Waals surface area contributed by atoms with Gasteiger partial charge >= 0.3 is 0 Å². The van der Waals surface area contributed by atoms with Gasteiger partial charge in [0.15, 0.2) is 0 Å². The molecule has 0 atom stereocenters. The molecule has 105 heavy (non-hydrogen) atoms. The van der Waals surface area contributed by atoms with Crippen LogP contribution in [0, 0.1) is 34.2 Å². The van der Waals surface area contributed by atoms with Gasteiger partial charge in [-0.05, 0) is 78.4 Å². The molecule has 0 fully saturated rings. The second kappa shape index (κ2) is 46.3. The van der Waals surface area contributed by atoms with Gasteiger partial charge in [0.1, 0.15) is 63.3 Å². The molecule has 0 spiro atoms. The van der Waals surface area contributed by atoms with E-state index in [0.717, 1.165) is 128 Å². The summed E-state index contributed by atoms with van der Waals surface area (Å²) >= 11 is 0. The number of benzene rings is 4. The van der Waals surface area contributed by atoms with Crippen molar-refractivity contribution in [2.45, 2.75) is 194 Å². The second-order valence-electron chi connectivity index (χ2n) is 21.4. The SMILES string of the molecule is C=[n+]1c2cc[c-]1C(C)=c1cc[c-]([n+]1=C)-[c-]1ccc([n+]1=C)=C(C)[c-]1ccc([n+]1C)C=2C.CC.CC.CC.CC.CC.CC.CC.CC.CC.CC.CC.CC.[CH2-][N+]1=C2C=CC1=C(c1ccccc1)c1ccc3n1Cn1c(ccc1=C(c1ccccc1)C1=[N+]([CH2-])C(=C3c3ccccc3)C=C1)=C2c1ccccc1. The first-order chi connectivity index (χ1) is 51.5. The minimum Gasteiger partial charge on any atom is -0.326 e. The smallest absolute Gasteiger partial charge is 0.141 e. The largest absolute Gasteiger partial charge is 0.326 e. The van der Waals surface area contributed by atoms with E-state index < -0.39 is 0 Å². The van der Waals surface area contributed by atoms with E-state index >= 15 is 0 Å². The lowest BCUT2D eigenvalue weighted by molar-refractivity contribution is -0.673. The molecule has 4 aromatic carbocycles. The van der Waals surface area contributed by atoms with Crippen LogP contribution in [-0.2, 0) is 13.7 Å². The Kier molecular flexibility index (Phi) is 40.0. The lowest BCUT2D eigenvalue weighted by atomic mass is 9.99. The second-order valence-corrected chi connectivity index (χ2v) is 21.4. The van der Waals surface area contributed by atoms with Gasteiger partial charge in [-0.25, -0.2) is 0 Å². The molecule has 0 radical (unpaired) electrons. The molecule has 5 aliphatic rings. The Bertz CT molecular complexity index is 4840. The van der Waals surface area contributed by atoms with E-state index in [1.54, 1.807) is 0 Å². The predicted octanol–water partition coefficient (Wildman–Crippen LogP) is 19.5. The average Bonchev–Trinajstić information content (AvgIpc) is 1.58. The summed E-state index contributed by atoms with van der Waals surface area (Å²) in [6.45, 7) is 68.1. The lowest BCUT2D eigenvalue weighted by Gasteiger charge is -2.25. The van der Waals surface area contributed by atoms with E-state index in [1.807, 2.05) is 179 Å². The maximum Gasteiger partial charge on any atom is 0.141 e. The van der Waals surface area contributed by atoms with Gasteiger partial charge in [0.2, 0.25) is 0 Å². The van der Waals surface area contributed by atoms with E-state index in [0.29, 0.717) is 6.67 Å². The highest BCUT2D eigenvalue weighted by Crippen LogP contribution is 2.39. The van der Waals surface area contributed by atoms with E-state index in [9.17, 15) is 0 Å². The third-order valence-electron chi connectivity index (χ3n) is 17.1. The molecule has 0 aliphatic carbocycles. The van der Waals surface area contributed by atoms with Crippen molar-refractivity contribution in [2.75, 3.05) is 0 Å². The summed E-state index contributed by atoms with van der Waals surface area (Å²) in [5, 5.41) is 5.51. The first-order valence-corrected chi connectivity index (χ1v) is 39.4. The summed E-state index contributed by atoms with van der Waals surface area (Å²) in [5.74, 6) is 0. The molecule has 8 heteroatoms. The monoisotopic (exact) mass is 1410 g/mol. The van der Waals surface area contributed by atoms with Crippen LogP contribution in [0.1, 0.15) is 238 Å².